The maximum absolute atomic E-state index is 11.1. The van der Waals surface area contributed by atoms with Gasteiger partial charge in [0.05, 0.1) is 0 Å². The Balaban J connectivity index is 1.50. The zero-order valence-electron chi connectivity index (χ0n) is 15.3. The molecule has 4 heteroatoms. The number of piperazine rings is 1. The molecule has 0 bridgehead atoms. The van der Waals surface area contributed by atoms with Crippen molar-refractivity contribution in [3.05, 3.63) is 71.3 Å². The Morgan fingerprint density at radius 3 is 2.27 bits per heavy atom. The molecule has 0 aromatic heterocycles. The molecule has 1 fully saturated rings. The van der Waals surface area contributed by atoms with Gasteiger partial charge < -0.3 is 10.0 Å². The Bertz CT molecular complexity index is 743. The van der Waals surface area contributed by atoms with Crippen molar-refractivity contribution >= 4 is 17.5 Å². The predicted molar refractivity (Wildman–Crippen MR) is 106 cm³/mol. The standard InChI is InChI=1S/C22H26N2O2/c1-18-2-9-21(10-3-18)24-14-12-23(13-15-24)16-20-6-4-19(5-7-20)8-11-22(26)17-25/h2-11,25H,12-17H2,1H3/b11-8+. The van der Waals surface area contributed by atoms with E-state index >= 15 is 0 Å². The number of anilines is 1. The molecule has 0 amide bonds. The van der Waals surface area contributed by atoms with Crippen LogP contribution in [0.2, 0.25) is 0 Å². The number of rotatable bonds is 6. The highest BCUT2D eigenvalue weighted by atomic mass is 16.3. The van der Waals surface area contributed by atoms with E-state index in [1.807, 2.05) is 12.1 Å². The first kappa shape index (κ1) is 18.4. The Kier molecular flexibility index (Phi) is 6.21. The van der Waals surface area contributed by atoms with Gasteiger partial charge in [-0.2, -0.15) is 0 Å². The second-order valence-corrected chi connectivity index (χ2v) is 6.80. The molecule has 0 unspecified atom stereocenters. The van der Waals surface area contributed by atoms with Gasteiger partial charge in [0, 0.05) is 38.4 Å². The van der Waals surface area contributed by atoms with Gasteiger partial charge in [-0.1, -0.05) is 48.0 Å². The summed E-state index contributed by atoms with van der Waals surface area (Å²) in [4.78, 5) is 16.0. The third kappa shape index (κ3) is 5.04. The lowest BCUT2D eigenvalue weighted by molar-refractivity contribution is -0.117. The van der Waals surface area contributed by atoms with E-state index in [4.69, 9.17) is 5.11 Å². The van der Waals surface area contributed by atoms with Crippen molar-refractivity contribution in [1.29, 1.82) is 0 Å². The molecule has 3 rings (SSSR count). The molecule has 0 radical (unpaired) electrons. The van der Waals surface area contributed by atoms with E-state index in [9.17, 15) is 4.79 Å². The van der Waals surface area contributed by atoms with Gasteiger partial charge in [-0.3, -0.25) is 9.69 Å². The summed E-state index contributed by atoms with van der Waals surface area (Å²) < 4.78 is 0. The Labute approximate surface area is 155 Å². The van der Waals surface area contributed by atoms with Gasteiger partial charge in [0.25, 0.3) is 0 Å². The Hall–Kier alpha value is -2.43. The lowest BCUT2D eigenvalue weighted by Gasteiger charge is -2.36. The summed E-state index contributed by atoms with van der Waals surface area (Å²) in [5.41, 5.74) is 4.86. The molecular formula is C22H26N2O2. The molecule has 2 aromatic carbocycles. The van der Waals surface area contributed by atoms with Gasteiger partial charge in [0.1, 0.15) is 6.61 Å². The minimum atomic E-state index is -0.441. The summed E-state index contributed by atoms with van der Waals surface area (Å²) in [6.07, 6.45) is 3.15. The average Bonchev–Trinajstić information content (AvgIpc) is 2.68. The van der Waals surface area contributed by atoms with Crippen molar-refractivity contribution in [2.24, 2.45) is 0 Å². The van der Waals surface area contributed by atoms with Crippen LogP contribution in [0.4, 0.5) is 5.69 Å². The number of aliphatic hydroxyl groups excluding tert-OH is 1. The first-order valence-corrected chi connectivity index (χ1v) is 9.09. The first-order chi connectivity index (χ1) is 12.6. The number of aryl methyl sites for hydroxylation is 1. The predicted octanol–water partition coefficient (Wildman–Crippen LogP) is 2.89. The smallest absolute Gasteiger partial charge is 0.181 e. The third-order valence-corrected chi connectivity index (χ3v) is 4.77. The maximum atomic E-state index is 11.1. The zero-order valence-corrected chi connectivity index (χ0v) is 15.3. The van der Waals surface area contributed by atoms with Crippen molar-refractivity contribution in [3.8, 4) is 0 Å². The highest BCUT2D eigenvalue weighted by Gasteiger charge is 2.17. The highest BCUT2D eigenvalue weighted by molar-refractivity contribution is 5.94. The van der Waals surface area contributed by atoms with Crippen LogP contribution >= 0.6 is 0 Å². The lowest BCUT2D eigenvalue weighted by atomic mass is 10.1. The molecule has 0 atom stereocenters. The van der Waals surface area contributed by atoms with Gasteiger partial charge in [-0.05, 0) is 36.3 Å². The van der Waals surface area contributed by atoms with Gasteiger partial charge in [0.2, 0.25) is 0 Å². The fourth-order valence-electron chi connectivity index (χ4n) is 3.15. The minimum Gasteiger partial charge on any atom is -0.388 e. The normalized spacial score (nSPS) is 15.5. The molecule has 1 N–H and O–H groups in total. The molecule has 2 aromatic rings. The van der Waals surface area contributed by atoms with E-state index in [0.717, 1.165) is 38.3 Å². The van der Waals surface area contributed by atoms with E-state index < -0.39 is 6.61 Å². The van der Waals surface area contributed by atoms with Crippen LogP contribution in [0, 0.1) is 6.92 Å². The molecule has 4 nitrogen and oxygen atoms in total. The number of ketones is 1. The monoisotopic (exact) mass is 350 g/mol. The van der Waals surface area contributed by atoms with Crippen LogP contribution in [0.25, 0.3) is 6.08 Å². The first-order valence-electron chi connectivity index (χ1n) is 9.09. The van der Waals surface area contributed by atoms with Gasteiger partial charge in [0.15, 0.2) is 5.78 Å². The number of carbonyl (C=O) groups excluding carboxylic acids is 1. The summed E-state index contributed by atoms with van der Waals surface area (Å²) in [5, 5.41) is 8.73. The van der Waals surface area contributed by atoms with Crippen LogP contribution in [0.3, 0.4) is 0 Å². The SMILES string of the molecule is Cc1ccc(N2CCN(Cc3ccc(/C=C/C(=O)CO)cc3)CC2)cc1. The highest BCUT2D eigenvalue weighted by Crippen LogP contribution is 2.18. The van der Waals surface area contributed by atoms with Crippen LogP contribution in [0.15, 0.2) is 54.6 Å². The zero-order chi connectivity index (χ0) is 18.4. The molecule has 0 spiro atoms. The van der Waals surface area contributed by atoms with Crippen LogP contribution in [-0.4, -0.2) is 48.6 Å². The van der Waals surface area contributed by atoms with Crippen LogP contribution in [-0.2, 0) is 11.3 Å². The van der Waals surface area contributed by atoms with E-state index in [-0.39, 0.29) is 5.78 Å². The van der Waals surface area contributed by atoms with Gasteiger partial charge in [-0.15, -0.1) is 0 Å². The third-order valence-electron chi connectivity index (χ3n) is 4.77. The topological polar surface area (TPSA) is 43.8 Å². The molecular weight excluding hydrogens is 324 g/mol. The molecule has 136 valence electrons. The van der Waals surface area contributed by atoms with Gasteiger partial charge >= 0.3 is 0 Å². The van der Waals surface area contributed by atoms with Crippen molar-refractivity contribution in [2.45, 2.75) is 13.5 Å². The second-order valence-electron chi connectivity index (χ2n) is 6.80. The summed E-state index contributed by atoms with van der Waals surface area (Å²) in [6.45, 7) is 6.83. The summed E-state index contributed by atoms with van der Waals surface area (Å²) in [6, 6.07) is 17.0. The van der Waals surface area contributed by atoms with E-state index in [0.29, 0.717) is 0 Å². The second kappa shape index (κ2) is 8.79. The van der Waals surface area contributed by atoms with E-state index in [1.54, 1.807) is 6.08 Å². The van der Waals surface area contributed by atoms with Crippen LogP contribution < -0.4 is 4.90 Å². The van der Waals surface area contributed by atoms with Crippen LogP contribution in [0.5, 0.6) is 0 Å². The summed E-state index contributed by atoms with van der Waals surface area (Å²) in [7, 11) is 0. The van der Waals surface area contributed by atoms with E-state index in [1.165, 1.54) is 22.9 Å². The molecule has 1 aliphatic heterocycles. The lowest BCUT2D eigenvalue weighted by Crippen LogP contribution is -2.45. The van der Waals surface area contributed by atoms with Crippen molar-refractivity contribution in [1.82, 2.24) is 4.90 Å². The number of hydrogen-bond donors (Lipinski definition) is 1. The molecule has 0 saturated carbocycles. The number of hydrogen-bond acceptors (Lipinski definition) is 4. The number of carbonyl (C=O) groups is 1. The minimum absolute atomic E-state index is 0.277. The molecule has 1 saturated heterocycles. The fraction of sp³-hybridized carbons (Fsp3) is 0.318. The average molecular weight is 350 g/mol. The summed E-state index contributed by atoms with van der Waals surface area (Å²) in [5.74, 6) is -0.277. The van der Waals surface area contributed by atoms with Crippen molar-refractivity contribution in [2.75, 3.05) is 37.7 Å². The fourth-order valence-corrected chi connectivity index (χ4v) is 3.15. The van der Waals surface area contributed by atoms with Gasteiger partial charge in [-0.25, -0.2) is 0 Å². The Morgan fingerprint density at radius 2 is 1.65 bits per heavy atom. The van der Waals surface area contributed by atoms with E-state index in [2.05, 4.69) is 53.1 Å². The van der Waals surface area contributed by atoms with Crippen molar-refractivity contribution < 1.29 is 9.90 Å². The quantitative estimate of drug-likeness (QED) is 0.814. The molecule has 26 heavy (non-hydrogen) atoms. The van der Waals surface area contributed by atoms with Crippen molar-refractivity contribution in [3.63, 3.8) is 0 Å². The number of nitrogens with zero attached hydrogens (tertiary/aromatic N) is 2. The largest absolute Gasteiger partial charge is 0.388 e. The maximum Gasteiger partial charge on any atom is 0.181 e. The number of aliphatic hydroxyl groups is 1. The summed E-state index contributed by atoms with van der Waals surface area (Å²) >= 11 is 0. The van der Waals surface area contributed by atoms with Crippen LogP contribution in [0.1, 0.15) is 16.7 Å². The molecule has 1 aliphatic rings. The molecule has 1 heterocycles. The number of benzene rings is 2. The Morgan fingerprint density at radius 1 is 1.00 bits per heavy atom. The molecule has 0 aliphatic carbocycles.